The third-order valence-electron chi connectivity index (χ3n) is 5.75. The number of nitrogens with zero attached hydrogens (tertiary/aromatic N) is 5. The molecule has 0 N–H and O–H groups in total. The Morgan fingerprint density at radius 1 is 1.24 bits per heavy atom. The van der Waals surface area contributed by atoms with Crippen LogP contribution < -0.4 is 0 Å². The van der Waals surface area contributed by atoms with Crippen LogP contribution in [0, 0.1) is 19.8 Å². The predicted molar refractivity (Wildman–Crippen MR) is 96.4 cm³/mol. The molecule has 6 heteroatoms. The van der Waals surface area contributed by atoms with E-state index in [0.717, 1.165) is 48.3 Å². The topological polar surface area (TPSA) is 63.9 Å². The molecule has 1 heterocycles. The Bertz CT molecular complexity index is 754. The highest BCUT2D eigenvalue weighted by Gasteiger charge is 2.45. The normalized spacial score (nSPS) is 23.5. The Kier molecular flexibility index (Phi) is 4.62. The summed E-state index contributed by atoms with van der Waals surface area (Å²) in [5.41, 5.74) is 2.81. The van der Waals surface area contributed by atoms with Crippen LogP contribution >= 0.6 is 0 Å². The number of hydrogen-bond acceptors (Lipinski definition) is 4. The standard InChI is InChI=1S/C19H27N5O/c1-13-9-11-19(12-10-13,23(5)16(4)25)18-20-21-22-24(18)17-14(2)7-6-8-15(17)3/h6-8,13H,9-12H2,1-5H3. The molecule has 1 aromatic carbocycles. The van der Waals surface area contributed by atoms with E-state index in [0.29, 0.717) is 5.92 Å². The van der Waals surface area contributed by atoms with E-state index in [1.54, 1.807) is 6.92 Å². The number of aryl methyl sites for hydroxylation is 2. The first-order valence-electron chi connectivity index (χ1n) is 8.96. The predicted octanol–water partition coefficient (Wildman–Crippen LogP) is 3.16. The summed E-state index contributed by atoms with van der Waals surface area (Å²) in [6, 6.07) is 6.17. The fourth-order valence-corrected chi connectivity index (χ4v) is 4.02. The second-order valence-corrected chi connectivity index (χ2v) is 7.45. The van der Waals surface area contributed by atoms with Gasteiger partial charge in [-0.25, -0.2) is 0 Å². The molecule has 1 amide bonds. The molecule has 6 nitrogen and oxygen atoms in total. The highest BCUT2D eigenvalue weighted by Crippen LogP contribution is 2.43. The molecule has 0 spiro atoms. The Morgan fingerprint density at radius 3 is 2.40 bits per heavy atom. The maximum atomic E-state index is 12.3. The van der Waals surface area contributed by atoms with E-state index in [9.17, 15) is 4.79 Å². The van der Waals surface area contributed by atoms with Gasteiger partial charge in [0.25, 0.3) is 0 Å². The molecule has 0 aliphatic heterocycles. The van der Waals surface area contributed by atoms with Gasteiger partial charge >= 0.3 is 0 Å². The van der Waals surface area contributed by atoms with Crippen molar-refractivity contribution in [2.75, 3.05) is 7.05 Å². The summed E-state index contributed by atoms with van der Waals surface area (Å²) in [6.07, 6.45) is 3.90. The van der Waals surface area contributed by atoms with Crippen molar-refractivity contribution in [1.82, 2.24) is 25.1 Å². The number of rotatable bonds is 3. The lowest BCUT2D eigenvalue weighted by Gasteiger charge is -2.44. The molecule has 134 valence electrons. The van der Waals surface area contributed by atoms with Gasteiger partial charge in [0.2, 0.25) is 5.91 Å². The number of benzene rings is 1. The third-order valence-corrected chi connectivity index (χ3v) is 5.75. The fourth-order valence-electron chi connectivity index (χ4n) is 4.02. The zero-order valence-electron chi connectivity index (χ0n) is 15.8. The zero-order chi connectivity index (χ0) is 18.2. The van der Waals surface area contributed by atoms with E-state index in [-0.39, 0.29) is 5.91 Å². The number of hydrogen-bond donors (Lipinski definition) is 0. The van der Waals surface area contributed by atoms with Gasteiger partial charge in [-0.2, -0.15) is 4.68 Å². The molecule has 0 saturated heterocycles. The molecule has 0 atom stereocenters. The molecule has 0 radical (unpaired) electrons. The summed E-state index contributed by atoms with van der Waals surface area (Å²) in [5, 5.41) is 12.7. The van der Waals surface area contributed by atoms with Crippen LogP contribution in [0.3, 0.4) is 0 Å². The molecule has 1 aliphatic rings. The van der Waals surface area contributed by atoms with E-state index in [1.165, 1.54) is 0 Å². The quantitative estimate of drug-likeness (QED) is 0.860. The van der Waals surface area contributed by atoms with Crippen molar-refractivity contribution in [3.05, 3.63) is 35.2 Å². The Hall–Kier alpha value is -2.24. The first-order valence-corrected chi connectivity index (χ1v) is 8.96. The smallest absolute Gasteiger partial charge is 0.220 e. The number of aromatic nitrogens is 4. The van der Waals surface area contributed by atoms with Crippen molar-refractivity contribution in [1.29, 1.82) is 0 Å². The van der Waals surface area contributed by atoms with E-state index < -0.39 is 5.54 Å². The van der Waals surface area contributed by atoms with E-state index in [4.69, 9.17) is 0 Å². The summed E-state index contributed by atoms with van der Waals surface area (Å²) >= 11 is 0. The average molecular weight is 341 g/mol. The van der Waals surface area contributed by atoms with Gasteiger partial charge in [0.1, 0.15) is 5.54 Å². The maximum Gasteiger partial charge on any atom is 0.220 e. The van der Waals surface area contributed by atoms with Gasteiger partial charge in [0, 0.05) is 14.0 Å². The van der Waals surface area contributed by atoms with Crippen molar-refractivity contribution in [2.24, 2.45) is 5.92 Å². The van der Waals surface area contributed by atoms with Crippen LogP contribution in [0.2, 0.25) is 0 Å². The molecule has 0 unspecified atom stereocenters. The minimum absolute atomic E-state index is 0.0469. The van der Waals surface area contributed by atoms with Gasteiger partial charge in [-0.05, 0) is 67.0 Å². The maximum absolute atomic E-state index is 12.3. The van der Waals surface area contributed by atoms with Crippen LogP contribution in [0.1, 0.15) is 56.5 Å². The minimum Gasteiger partial charge on any atom is -0.333 e. The van der Waals surface area contributed by atoms with Crippen molar-refractivity contribution in [3.63, 3.8) is 0 Å². The van der Waals surface area contributed by atoms with E-state index in [1.807, 2.05) is 22.7 Å². The Balaban J connectivity index is 2.17. The van der Waals surface area contributed by atoms with Crippen molar-refractivity contribution >= 4 is 5.91 Å². The second-order valence-electron chi connectivity index (χ2n) is 7.45. The highest BCUT2D eigenvalue weighted by atomic mass is 16.2. The molecule has 2 aromatic rings. The van der Waals surface area contributed by atoms with Gasteiger partial charge in [0.05, 0.1) is 5.69 Å². The van der Waals surface area contributed by atoms with Crippen molar-refractivity contribution < 1.29 is 4.79 Å². The van der Waals surface area contributed by atoms with Crippen LogP contribution in [0.15, 0.2) is 18.2 Å². The third kappa shape index (κ3) is 2.94. The molecular weight excluding hydrogens is 314 g/mol. The number of amides is 1. The van der Waals surface area contributed by atoms with Crippen molar-refractivity contribution in [2.45, 2.75) is 58.9 Å². The van der Waals surface area contributed by atoms with Gasteiger partial charge in [-0.1, -0.05) is 25.1 Å². The van der Waals surface area contributed by atoms with Gasteiger partial charge < -0.3 is 4.90 Å². The largest absolute Gasteiger partial charge is 0.333 e. The van der Waals surface area contributed by atoms with Crippen LogP contribution in [-0.4, -0.2) is 38.1 Å². The number of carbonyl (C=O) groups excluding carboxylic acids is 1. The first kappa shape index (κ1) is 17.6. The lowest BCUT2D eigenvalue weighted by Crippen LogP contribution is -2.50. The van der Waals surface area contributed by atoms with E-state index >= 15 is 0 Å². The second kappa shape index (κ2) is 6.58. The average Bonchev–Trinajstić information content (AvgIpc) is 3.05. The summed E-state index contributed by atoms with van der Waals surface area (Å²) in [7, 11) is 1.88. The molecule has 1 saturated carbocycles. The zero-order valence-corrected chi connectivity index (χ0v) is 15.8. The van der Waals surface area contributed by atoms with E-state index in [2.05, 4.69) is 48.4 Å². The summed E-state index contributed by atoms with van der Waals surface area (Å²) in [4.78, 5) is 14.1. The minimum atomic E-state index is -0.448. The van der Waals surface area contributed by atoms with Gasteiger partial charge in [-0.3, -0.25) is 4.79 Å². The Morgan fingerprint density at radius 2 is 1.84 bits per heavy atom. The monoisotopic (exact) mass is 341 g/mol. The number of para-hydroxylation sites is 1. The molecule has 0 bridgehead atoms. The highest BCUT2D eigenvalue weighted by molar-refractivity contribution is 5.74. The molecular formula is C19H27N5O. The number of tetrazole rings is 1. The molecule has 25 heavy (non-hydrogen) atoms. The Labute approximate surface area is 149 Å². The number of carbonyl (C=O) groups is 1. The van der Waals surface area contributed by atoms with Gasteiger partial charge in [-0.15, -0.1) is 5.10 Å². The van der Waals surface area contributed by atoms with Gasteiger partial charge in [0.15, 0.2) is 5.82 Å². The SMILES string of the molecule is CC(=O)N(C)C1(c2nnnn2-c2c(C)cccc2C)CCC(C)CC1. The molecule has 3 rings (SSSR count). The lowest BCUT2D eigenvalue weighted by atomic mass is 9.75. The van der Waals surface area contributed by atoms with Crippen LogP contribution in [0.25, 0.3) is 5.69 Å². The first-order chi connectivity index (χ1) is 11.9. The molecule has 1 fully saturated rings. The molecule has 1 aromatic heterocycles. The van der Waals surface area contributed by atoms with Crippen LogP contribution in [-0.2, 0) is 10.3 Å². The summed E-state index contributed by atoms with van der Waals surface area (Å²) in [5.74, 6) is 1.48. The van der Waals surface area contributed by atoms with Crippen LogP contribution in [0.4, 0.5) is 0 Å². The lowest BCUT2D eigenvalue weighted by molar-refractivity contribution is -0.136. The van der Waals surface area contributed by atoms with Crippen molar-refractivity contribution in [3.8, 4) is 5.69 Å². The fraction of sp³-hybridized carbons (Fsp3) is 0.579. The summed E-state index contributed by atoms with van der Waals surface area (Å²) in [6.45, 7) is 8.02. The molecule has 1 aliphatic carbocycles. The van der Waals surface area contributed by atoms with Crippen LogP contribution in [0.5, 0.6) is 0 Å². The summed E-state index contributed by atoms with van der Waals surface area (Å²) < 4.78 is 1.85.